The molecule has 26 heavy (non-hydrogen) atoms. The molecule has 0 aliphatic heterocycles. The lowest BCUT2D eigenvalue weighted by molar-refractivity contribution is -0.141. The topological polar surface area (TPSA) is 95.0 Å². The van der Waals surface area contributed by atoms with E-state index in [4.69, 9.17) is 5.11 Å². The molecule has 0 spiro atoms. The van der Waals surface area contributed by atoms with E-state index in [9.17, 15) is 18.0 Å². The smallest absolute Gasteiger partial charge is 0.308 e. The summed E-state index contributed by atoms with van der Waals surface area (Å²) in [5, 5.41) is 8.94. The van der Waals surface area contributed by atoms with Crippen LogP contribution in [0, 0.1) is 5.92 Å². The quantitative estimate of drug-likeness (QED) is 0.668. The molecule has 0 bridgehead atoms. The molecule has 0 fully saturated rings. The number of carboxylic acid groups (broad SMARTS) is 1. The Hall–Kier alpha value is -1.93. The van der Waals surface area contributed by atoms with Crippen LogP contribution in [0.1, 0.15) is 44.0 Å². The highest BCUT2D eigenvalue weighted by atomic mass is 32.2. The number of amides is 1. The van der Waals surface area contributed by atoms with Crippen molar-refractivity contribution in [1.29, 1.82) is 0 Å². The van der Waals surface area contributed by atoms with Crippen LogP contribution in [0.15, 0.2) is 29.2 Å². The van der Waals surface area contributed by atoms with Crippen molar-refractivity contribution in [2.45, 2.75) is 38.5 Å². The first-order valence-electron chi connectivity index (χ1n) is 8.73. The second kappa shape index (κ2) is 9.68. The molecule has 7 nitrogen and oxygen atoms in total. The summed E-state index contributed by atoms with van der Waals surface area (Å²) in [6.45, 7) is 6.36. The third-order valence-electron chi connectivity index (χ3n) is 4.00. The van der Waals surface area contributed by atoms with E-state index in [1.54, 1.807) is 0 Å². The van der Waals surface area contributed by atoms with Crippen molar-refractivity contribution < 1.29 is 23.1 Å². The first kappa shape index (κ1) is 22.1. The molecule has 0 saturated heterocycles. The van der Waals surface area contributed by atoms with Gasteiger partial charge in [-0.2, -0.15) is 4.31 Å². The minimum Gasteiger partial charge on any atom is -0.481 e. The van der Waals surface area contributed by atoms with Gasteiger partial charge in [0.15, 0.2) is 0 Å². The van der Waals surface area contributed by atoms with E-state index in [0.29, 0.717) is 18.7 Å². The SMILES string of the molecule is CCCN(CCC)S(=O)(=O)c1ccc(C(=O)N(C)CC(C)C(=O)O)cc1. The lowest BCUT2D eigenvalue weighted by atomic mass is 10.1. The highest BCUT2D eigenvalue weighted by Gasteiger charge is 2.24. The summed E-state index contributed by atoms with van der Waals surface area (Å²) in [5.74, 6) is -2.00. The van der Waals surface area contributed by atoms with Gasteiger partial charge in [-0.1, -0.05) is 20.8 Å². The summed E-state index contributed by atoms with van der Waals surface area (Å²) in [5.41, 5.74) is 0.321. The number of sulfonamides is 1. The summed E-state index contributed by atoms with van der Waals surface area (Å²) in [4.78, 5) is 24.8. The van der Waals surface area contributed by atoms with E-state index >= 15 is 0 Å². The van der Waals surface area contributed by atoms with E-state index in [-0.39, 0.29) is 17.3 Å². The van der Waals surface area contributed by atoms with Crippen LogP contribution in [0.5, 0.6) is 0 Å². The number of carbonyl (C=O) groups is 2. The Labute approximate surface area is 155 Å². The van der Waals surface area contributed by atoms with Gasteiger partial charge in [-0.05, 0) is 37.1 Å². The number of benzene rings is 1. The van der Waals surface area contributed by atoms with Crippen LogP contribution in [0.2, 0.25) is 0 Å². The Kier molecular flexibility index (Phi) is 8.23. The molecule has 0 radical (unpaired) electrons. The fourth-order valence-electron chi connectivity index (χ4n) is 2.56. The van der Waals surface area contributed by atoms with Crippen molar-refractivity contribution >= 4 is 21.9 Å². The van der Waals surface area contributed by atoms with E-state index in [1.807, 2.05) is 13.8 Å². The van der Waals surface area contributed by atoms with Crippen molar-refractivity contribution in [2.24, 2.45) is 5.92 Å². The van der Waals surface area contributed by atoms with Gasteiger partial charge in [0.05, 0.1) is 10.8 Å². The van der Waals surface area contributed by atoms with Gasteiger partial charge in [0.25, 0.3) is 5.91 Å². The number of carboxylic acids is 1. The van der Waals surface area contributed by atoms with Gasteiger partial charge in [0, 0.05) is 32.2 Å². The number of aliphatic carboxylic acids is 1. The molecule has 0 aliphatic rings. The predicted molar refractivity (Wildman–Crippen MR) is 99.5 cm³/mol. The average Bonchev–Trinajstić information content (AvgIpc) is 2.60. The normalized spacial score (nSPS) is 12.8. The van der Waals surface area contributed by atoms with Crippen LogP contribution in [0.3, 0.4) is 0 Å². The van der Waals surface area contributed by atoms with Gasteiger partial charge in [0.2, 0.25) is 10.0 Å². The molecule has 1 N–H and O–H groups in total. The Bertz CT molecular complexity index is 710. The number of hydrogen-bond donors (Lipinski definition) is 1. The highest BCUT2D eigenvalue weighted by molar-refractivity contribution is 7.89. The molecule has 1 atom stereocenters. The monoisotopic (exact) mass is 384 g/mol. The number of rotatable bonds is 10. The molecule has 0 saturated carbocycles. The standard InChI is InChI=1S/C18H28N2O5S/c1-5-11-20(12-6-2)26(24,25)16-9-7-15(8-10-16)17(21)19(4)13-14(3)18(22)23/h7-10,14H,5-6,11-13H2,1-4H3,(H,22,23). The first-order valence-corrected chi connectivity index (χ1v) is 10.2. The summed E-state index contributed by atoms with van der Waals surface area (Å²) < 4.78 is 26.9. The van der Waals surface area contributed by atoms with Gasteiger partial charge in [-0.3, -0.25) is 9.59 Å². The molecule has 1 aromatic rings. The van der Waals surface area contributed by atoms with Crippen LogP contribution in [-0.2, 0) is 14.8 Å². The third kappa shape index (κ3) is 5.54. The summed E-state index contributed by atoms with van der Waals surface area (Å²) in [7, 11) is -2.06. The largest absolute Gasteiger partial charge is 0.481 e. The molecule has 1 rings (SSSR count). The summed E-state index contributed by atoms with van der Waals surface area (Å²) in [6, 6.07) is 5.78. The molecule has 1 aromatic carbocycles. The number of carbonyl (C=O) groups excluding carboxylic acids is 1. The average molecular weight is 384 g/mol. The van der Waals surface area contributed by atoms with Crippen molar-refractivity contribution in [3.8, 4) is 0 Å². The minimum atomic E-state index is -3.59. The molecular weight excluding hydrogens is 356 g/mol. The Morgan fingerprint density at radius 2 is 1.58 bits per heavy atom. The van der Waals surface area contributed by atoms with Crippen LogP contribution >= 0.6 is 0 Å². The molecule has 146 valence electrons. The third-order valence-corrected chi connectivity index (χ3v) is 5.91. The summed E-state index contributed by atoms with van der Waals surface area (Å²) >= 11 is 0. The Balaban J connectivity index is 2.96. The van der Waals surface area contributed by atoms with E-state index in [2.05, 4.69) is 0 Å². The Morgan fingerprint density at radius 3 is 2.00 bits per heavy atom. The van der Waals surface area contributed by atoms with Crippen LogP contribution < -0.4 is 0 Å². The maximum Gasteiger partial charge on any atom is 0.308 e. The van der Waals surface area contributed by atoms with E-state index in [0.717, 1.165) is 12.8 Å². The van der Waals surface area contributed by atoms with E-state index in [1.165, 1.54) is 47.4 Å². The van der Waals surface area contributed by atoms with E-state index < -0.39 is 21.9 Å². The lowest BCUT2D eigenvalue weighted by Crippen LogP contribution is -2.34. The van der Waals surface area contributed by atoms with Gasteiger partial charge >= 0.3 is 5.97 Å². The van der Waals surface area contributed by atoms with Crippen molar-refractivity contribution in [3.63, 3.8) is 0 Å². The highest BCUT2D eigenvalue weighted by Crippen LogP contribution is 2.18. The Morgan fingerprint density at radius 1 is 1.08 bits per heavy atom. The molecule has 1 amide bonds. The maximum absolute atomic E-state index is 12.7. The zero-order valence-electron chi connectivity index (χ0n) is 15.8. The van der Waals surface area contributed by atoms with Gasteiger partial charge < -0.3 is 10.0 Å². The fourth-order valence-corrected chi connectivity index (χ4v) is 4.19. The lowest BCUT2D eigenvalue weighted by Gasteiger charge is -2.22. The second-order valence-corrected chi connectivity index (χ2v) is 8.29. The molecule has 0 aromatic heterocycles. The van der Waals surface area contributed by atoms with Crippen molar-refractivity contribution in [2.75, 3.05) is 26.7 Å². The first-order chi connectivity index (χ1) is 12.1. The number of nitrogens with zero attached hydrogens (tertiary/aromatic N) is 2. The van der Waals surface area contributed by atoms with Crippen LogP contribution in [0.25, 0.3) is 0 Å². The summed E-state index contributed by atoms with van der Waals surface area (Å²) in [6.07, 6.45) is 1.45. The molecule has 0 aliphatic carbocycles. The molecular formula is C18H28N2O5S. The van der Waals surface area contributed by atoms with Crippen LogP contribution in [0.4, 0.5) is 0 Å². The zero-order valence-corrected chi connectivity index (χ0v) is 16.6. The second-order valence-electron chi connectivity index (χ2n) is 6.35. The van der Waals surface area contributed by atoms with Crippen LogP contribution in [-0.4, -0.2) is 61.3 Å². The minimum absolute atomic E-state index is 0.0784. The van der Waals surface area contributed by atoms with Crippen molar-refractivity contribution in [3.05, 3.63) is 29.8 Å². The molecule has 1 unspecified atom stereocenters. The van der Waals surface area contributed by atoms with Gasteiger partial charge in [-0.25, -0.2) is 8.42 Å². The fraction of sp³-hybridized carbons (Fsp3) is 0.556. The van der Waals surface area contributed by atoms with Gasteiger partial charge in [0.1, 0.15) is 0 Å². The zero-order chi connectivity index (χ0) is 19.9. The molecule has 0 heterocycles. The van der Waals surface area contributed by atoms with Gasteiger partial charge in [-0.15, -0.1) is 0 Å². The van der Waals surface area contributed by atoms with Crippen molar-refractivity contribution in [1.82, 2.24) is 9.21 Å². The number of hydrogen-bond acceptors (Lipinski definition) is 4. The predicted octanol–water partition coefficient (Wildman–Crippen LogP) is 2.29. The maximum atomic E-state index is 12.7. The molecule has 8 heteroatoms.